The van der Waals surface area contributed by atoms with Gasteiger partial charge in [0.2, 0.25) is 0 Å². The topological polar surface area (TPSA) is 49.2 Å². The van der Waals surface area contributed by atoms with Crippen molar-refractivity contribution in [1.82, 2.24) is 29.7 Å². The summed E-state index contributed by atoms with van der Waals surface area (Å²) >= 11 is 5.77. The zero-order valence-electron chi connectivity index (χ0n) is 17.5. The number of hydrogen-bond acceptors (Lipinski definition) is 4. The molecule has 0 unspecified atom stereocenters. The fourth-order valence-electron chi connectivity index (χ4n) is 4.03. The van der Waals surface area contributed by atoms with Crippen LogP contribution < -0.4 is 5.32 Å². The van der Waals surface area contributed by atoms with Gasteiger partial charge >= 0.3 is 0 Å². The van der Waals surface area contributed by atoms with Crippen LogP contribution in [0.5, 0.6) is 0 Å². The fourth-order valence-corrected chi connectivity index (χ4v) is 4.36. The van der Waals surface area contributed by atoms with Crippen LogP contribution in [0.15, 0.2) is 67.1 Å². The molecule has 0 amide bonds. The van der Waals surface area contributed by atoms with Crippen molar-refractivity contribution in [2.45, 2.75) is 25.0 Å². The van der Waals surface area contributed by atoms with E-state index in [4.69, 9.17) is 12.2 Å². The van der Waals surface area contributed by atoms with Gasteiger partial charge in [-0.15, -0.1) is 0 Å². The van der Waals surface area contributed by atoms with E-state index >= 15 is 0 Å². The molecule has 0 aliphatic carbocycles. The van der Waals surface area contributed by atoms with Gasteiger partial charge in [0.05, 0.1) is 30.0 Å². The lowest BCUT2D eigenvalue weighted by Crippen LogP contribution is -2.33. The summed E-state index contributed by atoms with van der Waals surface area (Å²) < 4.78 is 2.28. The Kier molecular flexibility index (Phi) is 6.40. The summed E-state index contributed by atoms with van der Waals surface area (Å²) in [6.07, 6.45) is 6.85. The Hall–Kier alpha value is -2.77. The van der Waals surface area contributed by atoms with Crippen molar-refractivity contribution < 1.29 is 0 Å². The van der Waals surface area contributed by atoms with E-state index in [1.807, 2.05) is 36.7 Å². The molecule has 2 atom stereocenters. The summed E-state index contributed by atoms with van der Waals surface area (Å²) in [5.74, 6) is 0. The van der Waals surface area contributed by atoms with Crippen LogP contribution in [0.25, 0.3) is 0 Å². The molecule has 4 heterocycles. The summed E-state index contributed by atoms with van der Waals surface area (Å²) in [7, 11) is 4.21. The molecule has 156 valence electrons. The highest BCUT2D eigenvalue weighted by atomic mass is 32.1. The van der Waals surface area contributed by atoms with Crippen LogP contribution in [-0.4, -0.2) is 56.6 Å². The van der Waals surface area contributed by atoms with Crippen molar-refractivity contribution in [1.29, 1.82) is 0 Å². The first-order chi connectivity index (χ1) is 14.6. The van der Waals surface area contributed by atoms with Crippen LogP contribution in [0.1, 0.15) is 35.6 Å². The maximum atomic E-state index is 5.77. The molecule has 0 bridgehead atoms. The Labute approximate surface area is 183 Å². The molecule has 0 spiro atoms. The molecule has 0 radical (unpaired) electrons. The molecule has 7 heteroatoms. The van der Waals surface area contributed by atoms with Gasteiger partial charge in [-0.25, -0.2) is 0 Å². The van der Waals surface area contributed by atoms with E-state index in [-0.39, 0.29) is 12.1 Å². The second-order valence-corrected chi connectivity index (χ2v) is 8.25. The van der Waals surface area contributed by atoms with E-state index in [0.29, 0.717) is 0 Å². The molecule has 0 saturated carbocycles. The maximum absolute atomic E-state index is 5.77. The Bertz CT molecular complexity index is 956. The van der Waals surface area contributed by atoms with Crippen molar-refractivity contribution in [2.24, 2.45) is 0 Å². The SMILES string of the molecule is CN(C)CCCN1C(=S)N[C@H](c2ccccn2)[C@H]1c1cccn1Cc1ccccn1. The summed E-state index contributed by atoms with van der Waals surface area (Å²) in [5.41, 5.74) is 3.26. The van der Waals surface area contributed by atoms with E-state index in [1.54, 1.807) is 0 Å². The van der Waals surface area contributed by atoms with Gasteiger partial charge in [0.1, 0.15) is 0 Å². The van der Waals surface area contributed by atoms with Crippen molar-refractivity contribution in [3.63, 3.8) is 0 Å². The van der Waals surface area contributed by atoms with Gasteiger partial charge in [-0.1, -0.05) is 12.1 Å². The van der Waals surface area contributed by atoms with E-state index in [9.17, 15) is 0 Å². The lowest BCUT2D eigenvalue weighted by molar-refractivity contribution is 0.283. The van der Waals surface area contributed by atoms with Crippen molar-refractivity contribution in [2.75, 3.05) is 27.2 Å². The summed E-state index contributed by atoms with van der Waals surface area (Å²) in [6.45, 7) is 2.65. The first-order valence-corrected chi connectivity index (χ1v) is 10.7. The van der Waals surface area contributed by atoms with E-state index in [0.717, 1.165) is 42.6 Å². The molecule has 1 fully saturated rings. The number of thiocarbonyl (C=S) groups is 1. The predicted octanol–water partition coefficient (Wildman–Crippen LogP) is 3.25. The molecule has 3 aromatic heterocycles. The third-order valence-corrected chi connectivity index (χ3v) is 5.78. The van der Waals surface area contributed by atoms with Crippen LogP contribution in [-0.2, 0) is 6.54 Å². The number of hydrogen-bond donors (Lipinski definition) is 1. The van der Waals surface area contributed by atoms with Crippen molar-refractivity contribution >= 4 is 17.3 Å². The molecule has 4 rings (SSSR count). The first-order valence-electron chi connectivity index (χ1n) is 10.3. The van der Waals surface area contributed by atoms with Crippen LogP contribution in [0, 0.1) is 0 Å². The summed E-state index contributed by atoms with van der Waals surface area (Å²) in [6, 6.07) is 16.5. The van der Waals surface area contributed by atoms with Gasteiger partial charge in [0.25, 0.3) is 0 Å². The average molecular weight is 421 g/mol. The molecule has 30 heavy (non-hydrogen) atoms. The number of aromatic nitrogens is 3. The summed E-state index contributed by atoms with van der Waals surface area (Å²) in [4.78, 5) is 13.7. The van der Waals surface area contributed by atoms with Crippen LogP contribution in [0.3, 0.4) is 0 Å². The maximum Gasteiger partial charge on any atom is 0.170 e. The van der Waals surface area contributed by atoms with E-state index in [2.05, 4.69) is 74.2 Å². The monoisotopic (exact) mass is 420 g/mol. The zero-order chi connectivity index (χ0) is 20.9. The Morgan fingerprint density at radius 3 is 2.53 bits per heavy atom. The minimum Gasteiger partial charge on any atom is -0.352 e. The van der Waals surface area contributed by atoms with Crippen molar-refractivity contribution in [3.8, 4) is 0 Å². The predicted molar refractivity (Wildman–Crippen MR) is 123 cm³/mol. The third kappa shape index (κ3) is 4.52. The van der Waals surface area contributed by atoms with E-state index < -0.39 is 0 Å². The Morgan fingerprint density at radius 1 is 1.03 bits per heavy atom. The van der Waals surface area contributed by atoms with Gasteiger partial charge in [-0.05, 0) is 75.7 Å². The van der Waals surface area contributed by atoms with Gasteiger partial charge < -0.3 is 19.7 Å². The van der Waals surface area contributed by atoms with Crippen LogP contribution >= 0.6 is 12.2 Å². The molecule has 3 aromatic rings. The van der Waals surface area contributed by atoms with Gasteiger partial charge in [-0.2, -0.15) is 0 Å². The molecule has 1 aliphatic heterocycles. The number of rotatable bonds is 8. The fraction of sp³-hybridized carbons (Fsp3) is 0.348. The Balaban J connectivity index is 1.66. The van der Waals surface area contributed by atoms with Crippen LogP contribution in [0.4, 0.5) is 0 Å². The van der Waals surface area contributed by atoms with Crippen molar-refractivity contribution in [3.05, 3.63) is 84.2 Å². The number of pyridine rings is 2. The molecule has 1 N–H and O–H groups in total. The standard InChI is InChI=1S/C23H28N6S/c1-27(2)14-8-16-29-22(21(26-23(29)30)19-10-4-6-13-25-19)20-11-7-15-28(20)17-18-9-3-5-12-24-18/h3-7,9-13,15,21-22H,8,14,16-17H2,1-2H3,(H,26,30)/t21-,22-/m1/s1. The van der Waals surface area contributed by atoms with Crippen LogP contribution in [0.2, 0.25) is 0 Å². The van der Waals surface area contributed by atoms with Gasteiger partial charge in [-0.3, -0.25) is 9.97 Å². The van der Waals surface area contributed by atoms with E-state index in [1.165, 1.54) is 5.69 Å². The van der Waals surface area contributed by atoms with Gasteiger partial charge in [0.15, 0.2) is 5.11 Å². The zero-order valence-corrected chi connectivity index (χ0v) is 18.3. The minimum absolute atomic E-state index is 0.00967. The first kappa shape index (κ1) is 20.5. The lowest BCUT2D eigenvalue weighted by Gasteiger charge is -2.29. The normalized spacial score (nSPS) is 18.8. The lowest BCUT2D eigenvalue weighted by atomic mass is 10.0. The second-order valence-electron chi connectivity index (χ2n) is 7.86. The molecule has 0 aromatic carbocycles. The molecule has 6 nitrogen and oxygen atoms in total. The number of nitrogens with one attached hydrogen (secondary N) is 1. The molecule has 1 saturated heterocycles. The highest BCUT2D eigenvalue weighted by Crippen LogP contribution is 2.38. The third-order valence-electron chi connectivity index (χ3n) is 5.43. The quantitative estimate of drug-likeness (QED) is 0.565. The number of nitrogens with zero attached hydrogens (tertiary/aromatic N) is 5. The highest BCUT2D eigenvalue weighted by molar-refractivity contribution is 7.80. The average Bonchev–Trinajstić information content (AvgIpc) is 3.33. The smallest absolute Gasteiger partial charge is 0.170 e. The molecule has 1 aliphatic rings. The Morgan fingerprint density at radius 2 is 1.83 bits per heavy atom. The molecular formula is C23H28N6S. The van der Waals surface area contributed by atoms with Gasteiger partial charge in [0, 0.05) is 30.8 Å². The highest BCUT2D eigenvalue weighted by Gasteiger charge is 2.40. The molecular weight excluding hydrogens is 392 g/mol. The largest absolute Gasteiger partial charge is 0.352 e. The minimum atomic E-state index is 0.00967. The second kappa shape index (κ2) is 9.36. The summed E-state index contributed by atoms with van der Waals surface area (Å²) in [5, 5.41) is 4.33.